The second kappa shape index (κ2) is 8.92. The van der Waals surface area contributed by atoms with Crippen molar-refractivity contribution in [2.45, 2.75) is 57.5 Å². The van der Waals surface area contributed by atoms with E-state index < -0.39 is 0 Å². The number of nitrogens with zero attached hydrogens (tertiary/aromatic N) is 1. The molecule has 1 unspecified atom stereocenters. The Morgan fingerprint density at radius 2 is 1.86 bits per heavy atom. The quantitative estimate of drug-likeness (QED) is 0.712. The van der Waals surface area contributed by atoms with Crippen molar-refractivity contribution in [3.05, 3.63) is 34.3 Å². The van der Waals surface area contributed by atoms with Gasteiger partial charge in [-0.1, -0.05) is 47.3 Å². The summed E-state index contributed by atoms with van der Waals surface area (Å²) in [7, 11) is 2.30. The van der Waals surface area contributed by atoms with Crippen LogP contribution in [0.15, 0.2) is 28.7 Å². The van der Waals surface area contributed by atoms with Crippen molar-refractivity contribution >= 4 is 15.9 Å². The average molecular weight is 353 g/mol. The largest absolute Gasteiger partial charge is 0.310 e. The average Bonchev–Trinajstić information content (AvgIpc) is 2.52. The lowest BCUT2D eigenvalue weighted by atomic mass is 9.94. The van der Waals surface area contributed by atoms with Crippen molar-refractivity contribution in [2.75, 3.05) is 20.1 Å². The minimum Gasteiger partial charge on any atom is -0.310 e. The van der Waals surface area contributed by atoms with Crippen LogP contribution in [0, 0.1) is 0 Å². The highest BCUT2D eigenvalue weighted by Gasteiger charge is 2.17. The van der Waals surface area contributed by atoms with Gasteiger partial charge in [0, 0.05) is 16.6 Å². The van der Waals surface area contributed by atoms with Gasteiger partial charge in [0.25, 0.3) is 0 Å². The van der Waals surface area contributed by atoms with Gasteiger partial charge in [-0.3, -0.25) is 0 Å². The molecule has 2 rings (SSSR count). The SMILES string of the molecule is CC(NCCCN(C)C1CCCCC1)c1ccc(Br)cc1. The zero-order chi connectivity index (χ0) is 15.1. The molecule has 0 bridgehead atoms. The molecule has 2 nitrogen and oxygen atoms in total. The highest BCUT2D eigenvalue weighted by atomic mass is 79.9. The number of rotatable bonds is 7. The molecule has 1 aromatic rings. The van der Waals surface area contributed by atoms with Crippen LogP contribution in [0.1, 0.15) is 57.1 Å². The van der Waals surface area contributed by atoms with Crippen LogP contribution in [0.2, 0.25) is 0 Å². The molecule has 0 aromatic heterocycles. The van der Waals surface area contributed by atoms with E-state index in [0.29, 0.717) is 6.04 Å². The lowest BCUT2D eigenvalue weighted by molar-refractivity contribution is 0.189. The van der Waals surface area contributed by atoms with E-state index in [2.05, 4.69) is 64.4 Å². The lowest BCUT2D eigenvalue weighted by Gasteiger charge is -2.31. The zero-order valence-electron chi connectivity index (χ0n) is 13.4. The lowest BCUT2D eigenvalue weighted by Crippen LogP contribution is -2.35. The monoisotopic (exact) mass is 352 g/mol. The summed E-state index contributed by atoms with van der Waals surface area (Å²) in [4.78, 5) is 2.57. The number of hydrogen-bond acceptors (Lipinski definition) is 2. The van der Waals surface area contributed by atoms with Crippen LogP contribution in [0.25, 0.3) is 0 Å². The van der Waals surface area contributed by atoms with E-state index in [-0.39, 0.29) is 0 Å². The Kier molecular flexibility index (Phi) is 7.21. The van der Waals surface area contributed by atoms with Crippen LogP contribution in [0.4, 0.5) is 0 Å². The zero-order valence-corrected chi connectivity index (χ0v) is 15.0. The summed E-state index contributed by atoms with van der Waals surface area (Å²) in [6, 6.07) is 9.88. The molecule has 0 amide bonds. The molecule has 0 radical (unpaired) electrons. The Bertz CT molecular complexity index is 398. The second-order valence-corrected chi connectivity index (χ2v) is 7.27. The van der Waals surface area contributed by atoms with E-state index in [1.165, 1.54) is 50.6 Å². The van der Waals surface area contributed by atoms with Crippen LogP contribution >= 0.6 is 15.9 Å². The molecule has 0 aliphatic heterocycles. The molecule has 1 aliphatic carbocycles. The topological polar surface area (TPSA) is 15.3 Å². The minimum atomic E-state index is 0.429. The van der Waals surface area contributed by atoms with Crippen LogP contribution in [0.5, 0.6) is 0 Å². The van der Waals surface area contributed by atoms with E-state index in [4.69, 9.17) is 0 Å². The summed E-state index contributed by atoms with van der Waals surface area (Å²) in [6.07, 6.45) is 8.32. The van der Waals surface area contributed by atoms with E-state index in [1.54, 1.807) is 0 Å². The van der Waals surface area contributed by atoms with Crippen molar-refractivity contribution in [1.82, 2.24) is 10.2 Å². The van der Waals surface area contributed by atoms with E-state index in [1.807, 2.05) is 0 Å². The van der Waals surface area contributed by atoms with Gasteiger partial charge < -0.3 is 10.2 Å². The molecular weight excluding hydrogens is 324 g/mol. The molecule has 118 valence electrons. The van der Waals surface area contributed by atoms with Gasteiger partial charge in [0.05, 0.1) is 0 Å². The van der Waals surface area contributed by atoms with Crippen molar-refractivity contribution in [3.63, 3.8) is 0 Å². The van der Waals surface area contributed by atoms with Gasteiger partial charge in [-0.05, 0) is 64.0 Å². The van der Waals surface area contributed by atoms with Crippen LogP contribution in [0.3, 0.4) is 0 Å². The fraction of sp³-hybridized carbons (Fsp3) is 0.667. The highest BCUT2D eigenvalue weighted by Crippen LogP contribution is 2.21. The van der Waals surface area contributed by atoms with Crippen molar-refractivity contribution in [1.29, 1.82) is 0 Å². The highest BCUT2D eigenvalue weighted by molar-refractivity contribution is 9.10. The molecular formula is C18H29BrN2. The molecule has 0 saturated heterocycles. The van der Waals surface area contributed by atoms with Crippen molar-refractivity contribution in [2.24, 2.45) is 0 Å². The maximum absolute atomic E-state index is 3.63. The number of hydrogen-bond donors (Lipinski definition) is 1. The molecule has 1 aliphatic rings. The fourth-order valence-corrected chi connectivity index (χ4v) is 3.49. The first kappa shape index (κ1) is 17.0. The van der Waals surface area contributed by atoms with E-state index in [9.17, 15) is 0 Å². The maximum atomic E-state index is 3.63. The summed E-state index contributed by atoms with van der Waals surface area (Å²) in [6.45, 7) is 4.55. The maximum Gasteiger partial charge on any atom is 0.0291 e. The van der Waals surface area contributed by atoms with Gasteiger partial charge in [0.15, 0.2) is 0 Å². The number of halogens is 1. The first-order valence-corrected chi connectivity index (χ1v) is 9.15. The summed E-state index contributed by atoms with van der Waals surface area (Å²) in [5.41, 5.74) is 1.36. The van der Waals surface area contributed by atoms with Gasteiger partial charge in [0.1, 0.15) is 0 Å². The Labute approximate surface area is 138 Å². The second-order valence-electron chi connectivity index (χ2n) is 6.35. The van der Waals surface area contributed by atoms with E-state index in [0.717, 1.165) is 17.1 Å². The van der Waals surface area contributed by atoms with Crippen LogP contribution in [-0.2, 0) is 0 Å². The minimum absolute atomic E-state index is 0.429. The van der Waals surface area contributed by atoms with Crippen molar-refractivity contribution in [3.8, 4) is 0 Å². The van der Waals surface area contributed by atoms with Crippen LogP contribution < -0.4 is 5.32 Å². The molecule has 1 fully saturated rings. The molecule has 1 saturated carbocycles. The molecule has 1 N–H and O–H groups in total. The van der Waals surface area contributed by atoms with Gasteiger partial charge >= 0.3 is 0 Å². The third-order valence-electron chi connectivity index (χ3n) is 4.71. The predicted octanol–water partition coefficient (Wildman–Crippen LogP) is 4.75. The van der Waals surface area contributed by atoms with E-state index >= 15 is 0 Å². The van der Waals surface area contributed by atoms with Crippen molar-refractivity contribution < 1.29 is 0 Å². The Hall–Kier alpha value is -0.380. The smallest absolute Gasteiger partial charge is 0.0291 e. The Morgan fingerprint density at radius 1 is 1.19 bits per heavy atom. The first-order chi connectivity index (χ1) is 10.2. The normalized spacial score (nSPS) is 18.1. The summed E-state index contributed by atoms with van der Waals surface area (Å²) < 4.78 is 1.15. The first-order valence-electron chi connectivity index (χ1n) is 8.36. The van der Waals surface area contributed by atoms with Gasteiger partial charge in [-0.25, -0.2) is 0 Å². The number of nitrogens with one attached hydrogen (secondary N) is 1. The third-order valence-corrected chi connectivity index (χ3v) is 5.23. The van der Waals surface area contributed by atoms with Gasteiger partial charge in [0.2, 0.25) is 0 Å². The summed E-state index contributed by atoms with van der Waals surface area (Å²) in [5.74, 6) is 0. The van der Waals surface area contributed by atoms with Gasteiger partial charge in [-0.15, -0.1) is 0 Å². The standard InChI is InChI=1S/C18H29BrN2/c1-15(16-9-11-17(19)12-10-16)20-13-6-14-21(2)18-7-4-3-5-8-18/h9-12,15,18,20H,3-8,13-14H2,1-2H3. The number of benzene rings is 1. The molecule has 1 aromatic carbocycles. The Morgan fingerprint density at radius 3 is 2.52 bits per heavy atom. The van der Waals surface area contributed by atoms with Crippen LogP contribution in [-0.4, -0.2) is 31.1 Å². The summed E-state index contributed by atoms with van der Waals surface area (Å²) in [5, 5.41) is 3.63. The molecule has 0 heterocycles. The molecule has 21 heavy (non-hydrogen) atoms. The molecule has 3 heteroatoms. The fourth-order valence-electron chi connectivity index (χ4n) is 3.22. The Balaban J connectivity index is 1.63. The summed E-state index contributed by atoms with van der Waals surface area (Å²) >= 11 is 3.49. The predicted molar refractivity (Wildman–Crippen MR) is 94.7 cm³/mol. The van der Waals surface area contributed by atoms with Gasteiger partial charge in [-0.2, -0.15) is 0 Å². The third kappa shape index (κ3) is 5.72. The molecule has 0 spiro atoms. The molecule has 1 atom stereocenters.